The molecule has 0 atom stereocenters. The molecule has 0 aliphatic rings. The molecule has 0 fully saturated rings. The van der Waals surface area contributed by atoms with Crippen molar-refractivity contribution in [3.05, 3.63) is 12.2 Å². The van der Waals surface area contributed by atoms with E-state index in [1.165, 1.54) is 6.92 Å². The van der Waals surface area contributed by atoms with Crippen LogP contribution in [0.2, 0.25) is 0 Å². The van der Waals surface area contributed by atoms with Gasteiger partial charge in [-0.1, -0.05) is 13.5 Å². The quantitative estimate of drug-likeness (QED) is 0.530. The zero-order valence-corrected chi connectivity index (χ0v) is 8.62. The van der Waals surface area contributed by atoms with Gasteiger partial charge in [0, 0.05) is 12.1 Å². The fourth-order valence-electron chi connectivity index (χ4n) is 0.782. The molecule has 0 aromatic heterocycles. The Labute approximate surface area is 77.3 Å². The van der Waals surface area contributed by atoms with E-state index in [2.05, 4.69) is 6.58 Å². The summed E-state index contributed by atoms with van der Waals surface area (Å²) in [5.41, 5.74) is 0.122. The summed E-state index contributed by atoms with van der Waals surface area (Å²) in [6.45, 7) is 6.52. The molecule has 0 heterocycles. The SMILES string of the molecule is C=C(C)C(=O)N(CCC)P(=O)(O)O. The molecule has 0 saturated carbocycles. The van der Waals surface area contributed by atoms with Gasteiger partial charge in [-0.3, -0.25) is 4.79 Å². The smallest absolute Gasteiger partial charge is 0.308 e. The Bertz CT molecular complexity index is 257. The van der Waals surface area contributed by atoms with Crippen molar-refractivity contribution >= 4 is 13.7 Å². The van der Waals surface area contributed by atoms with Crippen LogP contribution in [0.4, 0.5) is 0 Å². The summed E-state index contributed by atoms with van der Waals surface area (Å²) >= 11 is 0. The van der Waals surface area contributed by atoms with E-state index in [1.54, 1.807) is 6.92 Å². The molecule has 0 aliphatic heterocycles. The zero-order valence-electron chi connectivity index (χ0n) is 7.73. The molecule has 0 bridgehead atoms. The van der Waals surface area contributed by atoms with Crippen LogP contribution in [0.15, 0.2) is 12.2 Å². The molecule has 13 heavy (non-hydrogen) atoms. The molecule has 0 rings (SSSR count). The second-order valence-electron chi connectivity index (χ2n) is 2.72. The van der Waals surface area contributed by atoms with Crippen molar-refractivity contribution in [1.29, 1.82) is 0 Å². The van der Waals surface area contributed by atoms with Crippen molar-refractivity contribution in [3.8, 4) is 0 Å². The summed E-state index contributed by atoms with van der Waals surface area (Å²) in [5.74, 6) is -0.699. The Morgan fingerprint density at radius 2 is 2.00 bits per heavy atom. The van der Waals surface area contributed by atoms with E-state index in [0.29, 0.717) is 11.1 Å². The van der Waals surface area contributed by atoms with Crippen LogP contribution in [0.1, 0.15) is 20.3 Å². The van der Waals surface area contributed by atoms with E-state index in [-0.39, 0.29) is 12.1 Å². The largest absolute Gasteiger partial charge is 0.432 e. The van der Waals surface area contributed by atoms with Gasteiger partial charge < -0.3 is 9.79 Å². The van der Waals surface area contributed by atoms with Crippen molar-refractivity contribution in [3.63, 3.8) is 0 Å². The van der Waals surface area contributed by atoms with Crippen molar-refractivity contribution in [1.82, 2.24) is 4.67 Å². The van der Waals surface area contributed by atoms with Crippen molar-refractivity contribution < 1.29 is 19.1 Å². The van der Waals surface area contributed by atoms with Crippen LogP contribution in [0.3, 0.4) is 0 Å². The minimum Gasteiger partial charge on any atom is -0.308 e. The lowest BCUT2D eigenvalue weighted by Crippen LogP contribution is -2.29. The third-order valence-corrected chi connectivity index (χ3v) is 2.36. The van der Waals surface area contributed by atoms with Gasteiger partial charge in [0.25, 0.3) is 5.91 Å². The van der Waals surface area contributed by atoms with Crippen molar-refractivity contribution in [2.45, 2.75) is 20.3 Å². The Morgan fingerprint density at radius 1 is 1.54 bits per heavy atom. The second kappa shape index (κ2) is 4.56. The molecule has 0 aromatic rings. The number of hydrogen-bond donors (Lipinski definition) is 2. The van der Waals surface area contributed by atoms with E-state index < -0.39 is 13.7 Å². The second-order valence-corrected chi connectivity index (χ2v) is 4.23. The highest BCUT2D eigenvalue weighted by atomic mass is 31.2. The van der Waals surface area contributed by atoms with Crippen LogP contribution in [-0.2, 0) is 9.36 Å². The van der Waals surface area contributed by atoms with Gasteiger partial charge in [-0.15, -0.1) is 0 Å². The van der Waals surface area contributed by atoms with Crippen LogP contribution < -0.4 is 0 Å². The Hall–Kier alpha value is -0.640. The predicted molar refractivity (Wildman–Crippen MR) is 48.9 cm³/mol. The normalized spacial score (nSPS) is 11.1. The standard InChI is InChI=1S/C7H14NO4P/c1-4-5-8(13(10,11)12)7(9)6(2)3/h2,4-5H2,1,3H3,(H2,10,11,12). The van der Waals surface area contributed by atoms with Gasteiger partial charge in [-0.2, -0.15) is 0 Å². The molecular formula is C7H14NO4P. The minimum atomic E-state index is -4.48. The van der Waals surface area contributed by atoms with Crippen LogP contribution in [0.5, 0.6) is 0 Å². The van der Waals surface area contributed by atoms with Crippen LogP contribution in [-0.4, -0.2) is 26.9 Å². The Morgan fingerprint density at radius 3 is 2.23 bits per heavy atom. The first kappa shape index (κ1) is 12.4. The fourth-order valence-corrected chi connectivity index (χ4v) is 1.65. The van der Waals surface area contributed by atoms with Crippen LogP contribution >= 0.6 is 7.75 Å². The lowest BCUT2D eigenvalue weighted by atomic mass is 10.3. The van der Waals surface area contributed by atoms with Crippen molar-refractivity contribution in [2.24, 2.45) is 0 Å². The predicted octanol–water partition coefficient (Wildman–Crippen LogP) is 0.894. The van der Waals surface area contributed by atoms with Gasteiger partial charge in [0.1, 0.15) is 0 Å². The topological polar surface area (TPSA) is 77.8 Å². The summed E-state index contributed by atoms with van der Waals surface area (Å²) in [7, 11) is -4.48. The number of amides is 1. The van der Waals surface area contributed by atoms with Crippen LogP contribution in [0, 0.1) is 0 Å². The number of carbonyl (C=O) groups excluding carboxylic acids is 1. The van der Waals surface area contributed by atoms with Gasteiger partial charge >= 0.3 is 7.75 Å². The summed E-state index contributed by atoms with van der Waals surface area (Å²) in [5, 5.41) is 0. The summed E-state index contributed by atoms with van der Waals surface area (Å²) < 4.78 is 11.4. The Balaban J connectivity index is 4.72. The van der Waals surface area contributed by atoms with Gasteiger partial charge in [-0.25, -0.2) is 9.24 Å². The number of carbonyl (C=O) groups is 1. The summed E-state index contributed by atoms with van der Waals surface area (Å²) in [6, 6.07) is 0. The number of rotatable bonds is 4. The highest BCUT2D eigenvalue weighted by Gasteiger charge is 2.29. The van der Waals surface area contributed by atoms with Crippen molar-refractivity contribution in [2.75, 3.05) is 6.54 Å². The average molecular weight is 207 g/mol. The molecule has 0 unspecified atom stereocenters. The zero-order chi connectivity index (χ0) is 10.6. The van der Waals surface area contributed by atoms with Crippen LogP contribution in [0.25, 0.3) is 0 Å². The molecular weight excluding hydrogens is 193 g/mol. The molecule has 0 aliphatic carbocycles. The van der Waals surface area contributed by atoms with E-state index in [4.69, 9.17) is 9.79 Å². The molecule has 5 nitrogen and oxygen atoms in total. The number of hydrogen-bond acceptors (Lipinski definition) is 2. The summed E-state index contributed by atoms with van der Waals surface area (Å²) in [4.78, 5) is 28.8. The van der Waals surface area contributed by atoms with E-state index in [1.807, 2.05) is 0 Å². The van der Waals surface area contributed by atoms with Gasteiger partial charge in [-0.05, 0) is 13.3 Å². The molecule has 1 amide bonds. The highest BCUT2D eigenvalue weighted by Crippen LogP contribution is 2.40. The first-order chi connectivity index (χ1) is 5.80. The number of nitrogens with zero attached hydrogens (tertiary/aromatic N) is 1. The molecule has 2 N–H and O–H groups in total. The van der Waals surface area contributed by atoms with E-state index in [9.17, 15) is 9.36 Å². The molecule has 6 heteroatoms. The first-order valence-corrected chi connectivity index (χ1v) is 5.40. The molecule has 0 aromatic carbocycles. The first-order valence-electron chi connectivity index (χ1n) is 3.84. The molecule has 76 valence electrons. The van der Waals surface area contributed by atoms with E-state index >= 15 is 0 Å². The maximum Gasteiger partial charge on any atom is 0.432 e. The van der Waals surface area contributed by atoms with Gasteiger partial charge in [0.2, 0.25) is 0 Å². The molecule has 0 radical (unpaired) electrons. The minimum absolute atomic E-state index is 0.0377. The lowest BCUT2D eigenvalue weighted by molar-refractivity contribution is -0.123. The fraction of sp³-hybridized carbons (Fsp3) is 0.571. The van der Waals surface area contributed by atoms with Gasteiger partial charge in [0.15, 0.2) is 0 Å². The lowest BCUT2D eigenvalue weighted by Gasteiger charge is -2.22. The van der Waals surface area contributed by atoms with Gasteiger partial charge in [0.05, 0.1) is 0 Å². The third-order valence-electron chi connectivity index (χ3n) is 1.35. The van der Waals surface area contributed by atoms with E-state index in [0.717, 1.165) is 0 Å². The average Bonchev–Trinajstić information content (AvgIpc) is 1.96. The highest BCUT2D eigenvalue weighted by molar-refractivity contribution is 7.50. The monoisotopic (exact) mass is 207 g/mol. The maximum absolute atomic E-state index is 11.2. The molecule has 0 spiro atoms. The Kier molecular flexibility index (Phi) is 4.33. The maximum atomic E-state index is 11.2. The summed E-state index contributed by atoms with van der Waals surface area (Å²) in [6.07, 6.45) is 0.490. The molecule has 0 saturated heterocycles. The third kappa shape index (κ3) is 3.72.